The van der Waals surface area contributed by atoms with Crippen LogP contribution in [0, 0.1) is 5.82 Å². The fourth-order valence-electron chi connectivity index (χ4n) is 2.77. The van der Waals surface area contributed by atoms with Crippen molar-refractivity contribution in [2.45, 2.75) is 18.4 Å². The number of fused-ring (bicyclic) bond motifs is 1. The second-order valence-electron chi connectivity index (χ2n) is 5.17. The fraction of sp³-hybridized carbons (Fsp3) is 0.250. The Hall–Kier alpha value is -1.62. The van der Waals surface area contributed by atoms with Crippen LogP contribution in [-0.2, 0) is 6.42 Å². The Bertz CT molecular complexity index is 650. The summed E-state index contributed by atoms with van der Waals surface area (Å²) in [6.45, 7) is 0.538. The maximum Gasteiger partial charge on any atom is 0.126 e. The van der Waals surface area contributed by atoms with Gasteiger partial charge < -0.3 is 4.74 Å². The normalized spacial score (nSPS) is 18.1. The molecule has 0 saturated heterocycles. The van der Waals surface area contributed by atoms with Gasteiger partial charge in [-0.2, -0.15) is 0 Å². The third-order valence-electron chi connectivity index (χ3n) is 3.88. The van der Waals surface area contributed by atoms with E-state index in [1.165, 1.54) is 6.07 Å². The summed E-state index contributed by atoms with van der Waals surface area (Å²) in [5.74, 6) is 6.37. The van der Waals surface area contributed by atoms with Crippen LogP contribution < -0.4 is 16.0 Å². The van der Waals surface area contributed by atoms with E-state index < -0.39 is 0 Å². The minimum Gasteiger partial charge on any atom is -0.493 e. The molecule has 2 atom stereocenters. The number of ether oxygens (including phenoxy) is 1. The van der Waals surface area contributed by atoms with Gasteiger partial charge in [0.1, 0.15) is 11.6 Å². The molecule has 5 heteroatoms. The van der Waals surface area contributed by atoms with Crippen molar-refractivity contribution < 1.29 is 9.13 Å². The molecule has 1 aliphatic heterocycles. The van der Waals surface area contributed by atoms with Crippen LogP contribution in [0.15, 0.2) is 42.5 Å². The molecule has 2 aromatic rings. The molecule has 0 bridgehead atoms. The van der Waals surface area contributed by atoms with Gasteiger partial charge >= 0.3 is 0 Å². The number of benzene rings is 2. The number of halogens is 2. The van der Waals surface area contributed by atoms with Crippen LogP contribution in [0.1, 0.15) is 17.0 Å². The summed E-state index contributed by atoms with van der Waals surface area (Å²) in [6.07, 6.45) is 0.450. The highest BCUT2D eigenvalue weighted by Crippen LogP contribution is 2.36. The average molecular weight is 307 g/mol. The van der Waals surface area contributed by atoms with E-state index in [1.54, 1.807) is 12.1 Å². The Morgan fingerprint density at radius 2 is 2.14 bits per heavy atom. The molecule has 0 spiro atoms. The first kappa shape index (κ1) is 14.3. The minimum atomic E-state index is -0.271. The average Bonchev–Trinajstić information content (AvgIpc) is 2.92. The summed E-state index contributed by atoms with van der Waals surface area (Å²) in [4.78, 5) is 0. The molecule has 0 aromatic heterocycles. The first-order valence-corrected chi connectivity index (χ1v) is 7.18. The lowest BCUT2D eigenvalue weighted by molar-refractivity contribution is 0.297. The van der Waals surface area contributed by atoms with Crippen molar-refractivity contribution in [1.82, 2.24) is 5.43 Å². The van der Waals surface area contributed by atoms with E-state index in [0.29, 0.717) is 23.6 Å². The first-order chi connectivity index (χ1) is 10.2. The summed E-state index contributed by atoms with van der Waals surface area (Å²) in [5, 5.41) is 0.519. The van der Waals surface area contributed by atoms with Crippen LogP contribution in [0.4, 0.5) is 4.39 Å². The predicted octanol–water partition coefficient (Wildman–Crippen LogP) is 3.03. The minimum absolute atomic E-state index is 0.0876. The highest BCUT2D eigenvalue weighted by atomic mass is 35.5. The number of nitrogens with one attached hydrogen (secondary N) is 1. The smallest absolute Gasteiger partial charge is 0.126 e. The lowest BCUT2D eigenvalue weighted by atomic mass is 9.89. The molecule has 21 heavy (non-hydrogen) atoms. The SMILES string of the molecule is NNC(Cc1cc(Cl)ccc1F)C1COc2ccccc21. The van der Waals surface area contributed by atoms with Crippen LogP contribution >= 0.6 is 11.6 Å². The molecule has 0 saturated carbocycles. The molecule has 0 fully saturated rings. The predicted molar refractivity (Wildman–Crippen MR) is 80.9 cm³/mol. The van der Waals surface area contributed by atoms with Gasteiger partial charge in [0, 0.05) is 22.5 Å². The largest absolute Gasteiger partial charge is 0.493 e. The molecule has 2 unspecified atom stereocenters. The topological polar surface area (TPSA) is 47.3 Å². The lowest BCUT2D eigenvalue weighted by Crippen LogP contribution is -2.42. The van der Waals surface area contributed by atoms with E-state index in [-0.39, 0.29) is 17.8 Å². The van der Waals surface area contributed by atoms with Gasteiger partial charge in [-0.25, -0.2) is 4.39 Å². The van der Waals surface area contributed by atoms with Crippen LogP contribution in [0.3, 0.4) is 0 Å². The molecule has 0 radical (unpaired) electrons. The summed E-state index contributed by atoms with van der Waals surface area (Å²) in [5.41, 5.74) is 4.44. The summed E-state index contributed by atoms with van der Waals surface area (Å²) < 4.78 is 19.6. The Morgan fingerprint density at radius 1 is 1.33 bits per heavy atom. The van der Waals surface area contributed by atoms with Crippen LogP contribution in [-0.4, -0.2) is 12.6 Å². The Labute approximate surface area is 127 Å². The number of rotatable bonds is 4. The van der Waals surface area contributed by atoms with Crippen molar-refractivity contribution in [1.29, 1.82) is 0 Å². The van der Waals surface area contributed by atoms with Gasteiger partial charge in [0.15, 0.2) is 0 Å². The van der Waals surface area contributed by atoms with Crippen molar-refractivity contribution in [3.8, 4) is 5.75 Å². The van der Waals surface area contributed by atoms with Crippen molar-refractivity contribution in [2.75, 3.05) is 6.61 Å². The highest BCUT2D eigenvalue weighted by molar-refractivity contribution is 6.30. The van der Waals surface area contributed by atoms with Gasteiger partial charge in [-0.05, 0) is 36.2 Å². The zero-order chi connectivity index (χ0) is 14.8. The molecule has 3 N–H and O–H groups in total. The van der Waals surface area contributed by atoms with E-state index >= 15 is 0 Å². The summed E-state index contributed by atoms with van der Waals surface area (Å²) in [6, 6.07) is 12.3. The Kier molecular flexibility index (Phi) is 4.10. The molecule has 1 aliphatic rings. The molecule has 110 valence electrons. The maximum atomic E-state index is 13.9. The second kappa shape index (κ2) is 6.02. The van der Waals surface area contributed by atoms with Crippen LogP contribution in [0.5, 0.6) is 5.75 Å². The fourth-order valence-corrected chi connectivity index (χ4v) is 2.97. The van der Waals surface area contributed by atoms with Crippen molar-refractivity contribution >= 4 is 11.6 Å². The monoisotopic (exact) mass is 306 g/mol. The standard InChI is InChI=1S/C16H16ClFN2O/c17-11-5-6-14(18)10(7-11)8-15(20-19)13-9-21-16-4-2-1-3-12(13)16/h1-7,13,15,20H,8-9,19H2. The van der Waals surface area contributed by atoms with Gasteiger partial charge in [0.2, 0.25) is 0 Å². The van der Waals surface area contributed by atoms with E-state index in [4.69, 9.17) is 22.2 Å². The third-order valence-corrected chi connectivity index (χ3v) is 4.12. The Balaban J connectivity index is 1.85. The summed E-state index contributed by atoms with van der Waals surface area (Å²) in [7, 11) is 0. The van der Waals surface area contributed by atoms with E-state index in [2.05, 4.69) is 5.43 Å². The van der Waals surface area contributed by atoms with Gasteiger partial charge in [0.25, 0.3) is 0 Å². The summed E-state index contributed by atoms with van der Waals surface area (Å²) >= 11 is 5.94. The number of para-hydroxylation sites is 1. The third kappa shape index (κ3) is 2.88. The Morgan fingerprint density at radius 3 is 2.95 bits per heavy atom. The number of hydrogen-bond acceptors (Lipinski definition) is 3. The molecular weight excluding hydrogens is 291 g/mol. The number of hydrazine groups is 1. The number of nitrogens with two attached hydrogens (primary N) is 1. The second-order valence-corrected chi connectivity index (χ2v) is 5.60. The molecule has 0 aliphatic carbocycles. The van der Waals surface area contributed by atoms with E-state index in [9.17, 15) is 4.39 Å². The molecule has 0 amide bonds. The van der Waals surface area contributed by atoms with Crippen LogP contribution in [0.25, 0.3) is 0 Å². The zero-order valence-corrected chi connectivity index (χ0v) is 12.1. The first-order valence-electron chi connectivity index (χ1n) is 6.81. The van der Waals surface area contributed by atoms with Gasteiger partial charge in [0.05, 0.1) is 6.61 Å². The van der Waals surface area contributed by atoms with Gasteiger partial charge in [-0.3, -0.25) is 11.3 Å². The molecule has 3 nitrogen and oxygen atoms in total. The number of hydrogen-bond donors (Lipinski definition) is 2. The lowest BCUT2D eigenvalue weighted by Gasteiger charge is -2.22. The van der Waals surface area contributed by atoms with Crippen molar-refractivity contribution in [2.24, 2.45) is 5.84 Å². The molecule has 2 aromatic carbocycles. The molecular formula is C16H16ClFN2O. The zero-order valence-electron chi connectivity index (χ0n) is 11.4. The maximum absolute atomic E-state index is 13.9. The van der Waals surface area contributed by atoms with Crippen molar-refractivity contribution in [3.05, 3.63) is 64.4 Å². The highest BCUT2D eigenvalue weighted by Gasteiger charge is 2.31. The molecule has 1 heterocycles. The van der Waals surface area contributed by atoms with Crippen molar-refractivity contribution in [3.63, 3.8) is 0 Å². The van der Waals surface area contributed by atoms with E-state index in [0.717, 1.165) is 11.3 Å². The molecule has 3 rings (SSSR count). The van der Waals surface area contributed by atoms with E-state index in [1.807, 2.05) is 24.3 Å². The van der Waals surface area contributed by atoms with Crippen LogP contribution in [0.2, 0.25) is 5.02 Å². The van der Waals surface area contributed by atoms with Gasteiger partial charge in [-0.1, -0.05) is 29.8 Å². The van der Waals surface area contributed by atoms with Gasteiger partial charge in [-0.15, -0.1) is 0 Å². The quantitative estimate of drug-likeness (QED) is 0.674.